The number of hydrogen-bond acceptors (Lipinski definition) is 4. The van der Waals surface area contributed by atoms with E-state index in [2.05, 4.69) is 10.2 Å². The summed E-state index contributed by atoms with van der Waals surface area (Å²) in [7, 11) is 0. The van der Waals surface area contributed by atoms with Crippen molar-refractivity contribution >= 4 is 35.3 Å². The third-order valence-electron chi connectivity index (χ3n) is 1.69. The molecule has 0 unspecified atom stereocenters. The summed E-state index contributed by atoms with van der Waals surface area (Å²) in [6.07, 6.45) is 0. The predicted octanol–water partition coefficient (Wildman–Crippen LogP) is 3.63. The van der Waals surface area contributed by atoms with Gasteiger partial charge in [0.1, 0.15) is 5.82 Å². The van der Waals surface area contributed by atoms with Crippen LogP contribution in [0.1, 0.15) is 5.56 Å². The fourth-order valence-corrected chi connectivity index (χ4v) is 3.04. The van der Waals surface area contributed by atoms with Gasteiger partial charge in [-0.2, -0.15) is 5.10 Å². The van der Waals surface area contributed by atoms with Gasteiger partial charge in [0.15, 0.2) is 8.29 Å². The Labute approximate surface area is 99.5 Å². The minimum absolute atomic E-state index is 0.209. The lowest BCUT2D eigenvalue weighted by molar-refractivity contribution is 0.627. The summed E-state index contributed by atoms with van der Waals surface area (Å²) in [5.74, 6) is 0.565. The fraction of sp³-hybridized carbons (Fsp3) is 0.111. The molecule has 15 heavy (non-hydrogen) atoms. The molecular formula is C9H7FN2S3. The number of halogens is 1. The highest BCUT2D eigenvalue weighted by molar-refractivity contribution is 8.00. The number of nitrogens with zero attached hydrogens (tertiary/aromatic N) is 1. The minimum atomic E-state index is -0.209. The molecule has 0 saturated heterocycles. The van der Waals surface area contributed by atoms with Crippen LogP contribution < -0.4 is 0 Å². The second-order valence-corrected chi connectivity index (χ2v) is 5.68. The average Bonchev–Trinajstić information content (AvgIpc) is 2.64. The highest BCUT2D eigenvalue weighted by Crippen LogP contribution is 2.24. The minimum Gasteiger partial charge on any atom is -0.257 e. The highest BCUT2D eigenvalue weighted by atomic mass is 32.2. The van der Waals surface area contributed by atoms with Crippen LogP contribution in [-0.2, 0) is 5.75 Å². The van der Waals surface area contributed by atoms with Crippen molar-refractivity contribution in [3.05, 3.63) is 39.6 Å². The highest BCUT2D eigenvalue weighted by Gasteiger charge is 2.00. The number of nitrogens with one attached hydrogen (secondary N) is 1. The lowest BCUT2D eigenvalue weighted by Gasteiger charge is -1.97. The summed E-state index contributed by atoms with van der Waals surface area (Å²) < 4.78 is 14.2. The second kappa shape index (κ2) is 4.87. The van der Waals surface area contributed by atoms with Gasteiger partial charge < -0.3 is 0 Å². The van der Waals surface area contributed by atoms with Crippen molar-refractivity contribution in [3.8, 4) is 0 Å². The van der Waals surface area contributed by atoms with Gasteiger partial charge in [0.2, 0.25) is 0 Å². The van der Waals surface area contributed by atoms with Crippen LogP contribution in [0.2, 0.25) is 0 Å². The van der Waals surface area contributed by atoms with E-state index in [0.717, 1.165) is 15.7 Å². The number of rotatable bonds is 3. The Morgan fingerprint density at radius 1 is 1.40 bits per heavy atom. The van der Waals surface area contributed by atoms with E-state index in [1.54, 1.807) is 23.9 Å². The first-order chi connectivity index (χ1) is 7.24. The van der Waals surface area contributed by atoms with Crippen LogP contribution in [-0.4, -0.2) is 10.2 Å². The van der Waals surface area contributed by atoms with E-state index in [1.807, 2.05) is 0 Å². The van der Waals surface area contributed by atoms with Crippen molar-refractivity contribution in [3.63, 3.8) is 0 Å². The Kier molecular flexibility index (Phi) is 3.50. The monoisotopic (exact) mass is 258 g/mol. The molecule has 0 aliphatic rings. The zero-order valence-electron chi connectivity index (χ0n) is 7.57. The van der Waals surface area contributed by atoms with Gasteiger partial charge in [-0.15, -0.1) is 0 Å². The second-order valence-electron chi connectivity index (χ2n) is 2.79. The van der Waals surface area contributed by atoms with Gasteiger partial charge >= 0.3 is 0 Å². The van der Waals surface area contributed by atoms with Gasteiger partial charge in [0, 0.05) is 5.75 Å². The van der Waals surface area contributed by atoms with Crippen molar-refractivity contribution in [2.75, 3.05) is 0 Å². The maximum Gasteiger partial charge on any atom is 0.177 e. The van der Waals surface area contributed by atoms with Gasteiger partial charge in [-0.3, -0.25) is 5.10 Å². The molecule has 1 heterocycles. The largest absolute Gasteiger partial charge is 0.257 e. The van der Waals surface area contributed by atoms with E-state index >= 15 is 0 Å². The average molecular weight is 258 g/mol. The topological polar surface area (TPSA) is 28.7 Å². The normalized spacial score (nSPS) is 10.5. The van der Waals surface area contributed by atoms with Gasteiger partial charge in [0.05, 0.1) is 0 Å². The molecule has 0 aliphatic carbocycles. The molecule has 1 aromatic heterocycles. The molecule has 1 N–H and O–H groups in total. The van der Waals surface area contributed by atoms with Crippen molar-refractivity contribution < 1.29 is 4.39 Å². The van der Waals surface area contributed by atoms with Crippen molar-refractivity contribution in [1.82, 2.24) is 10.2 Å². The summed E-state index contributed by atoms with van der Waals surface area (Å²) in [4.78, 5) is 0. The number of aromatic amines is 1. The van der Waals surface area contributed by atoms with Crippen molar-refractivity contribution in [2.24, 2.45) is 0 Å². The zero-order chi connectivity index (χ0) is 10.7. The van der Waals surface area contributed by atoms with E-state index < -0.39 is 0 Å². The molecule has 0 aliphatic heterocycles. The maximum absolute atomic E-state index is 12.6. The Morgan fingerprint density at radius 3 is 2.73 bits per heavy atom. The van der Waals surface area contributed by atoms with Crippen LogP contribution in [0.4, 0.5) is 4.39 Å². The molecule has 2 rings (SSSR count). The lowest BCUT2D eigenvalue weighted by atomic mass is 10.2. The molecule has 0 amide bonds. The van der Waals surface area contributed by atoms with E-state index in [4.69, 9.17) is 12.2 Å². The van der Waals surface area contributed by atoms with Crippen molar-refractivity contribution in [2.45, 2.75) is 10.1 Å². The smallest absolute Gasteiger partial charge is 0.177 e. The van der Waals surface area contributed by atoms with Crippen LogP contribution in [0.25, 0.3) is 0 Å². The first kappa shape index (κ1) is 10.8. The number of H-pyrrole nitrogens is 1. The summed E-state index contributed by atoms with van der Waals surface area (Å²) in [6, 6.07) is 6.47. The summed E-state index contributed by atoms with van der Waals surface area (Å²) in [6.45, 7) is 0. The third-order valence-corrected chi connectivity index (χ3v) is 4.00. The maximum atomic E-state index is 12.6. The van der Waals surface area contributed by atoms with E-state index in [9.17, 15) is 4.39 Å². The molecule has 0 fully saturated rings. The summed E-state index contributed by atoms with van der Waals surface area (Å²) in [5, 5.41) is 6.74. The lowest BCUT2D eigenvalue weighted by Crippen LogP contribution is -1.81. The number of aromatic nitrogens is 2. The number of benzene rings is 1. The molecule has 2 nitrogen and oxygen atoms in total. The molecule has 6 heteroatoms. The van der Waals surface area contributed by atoms with E-state index in [1.165, 1.54) is 23.5 Å². The van der Waals surface area contributed by atoms with Crippen LogP contribution >= 0.6 is 35.3 Å². The first-order valence-corrected chi connectivity index (χ1v) is 6.38. The molecule has 0 radical (unpaired) electrons. The van der Waals surface area contributed by atoms with Crippen molar-refractivity contribution in [1.29, 1.82) is 0 Å². The molecular weight excluding hydrogens is 251 g/mol. The number of thioether (sulfide) groups is 1. The first-order valence-electron chi connectivity index (χ1n) is 4.17. The van der Waals surface area contributed by atoms with Crippen LogP contribution in [0, 0.1) is 9.77 Å². The standard InChI is InChI=1S/C9H7FN2S3/c10-7-3-1-6(2-4-7)5-14-9-12-11-8(13)15-9/h1-4H,5H2,(H,11,13). The Hall–Kier alpha value is -0.720. The Morgan fingerprint density at radius 2 is 2.13 bits per heavy atom. The van der Waals surface area contributed by atoms with Crippen LogP contribution in [0.3, 0.4) is 0 Å². The van der Waals surface area contributed by atoms with Gasteiger partial charge in [0.25, 0.3) is 0 Å². The summed E-state index contributed by atoms with van der Waals surface area (Å²) >= 11 is 7.95. The quantitative estimate of drug-likeness (QED) is 0.673. The third kappa shape index (κ3) is 3.12. The SMILES string of the molecule is Fc1ccc(CSc2n[nH]c(=S)s2)cc1. The molecule has 0 bridgehead atoms. The molecule has 2 aromatic rings. The van der Waals surface area contributed by atoms with Gasteiger partial charge in [-0.1, -0.05) is 35.2 Å². The predicted molar refractivity (Wildman–Crippen MR) is 63.3 cm³/mol. The molecule has 1 aromatic carbocycles. The van der Waals surface area contributed by atoms with E-state index in [-0.39, 0.29) is 5.82 Å². The fourth-order valence-electron chi connectivity index (χ4n) is 1.00. The summed E-state index contributed by atoms with van der Waals surface area (Å²) in [5.41, 5.74) is 1.07. The van der Waals surface area contributed by atoms with Gasteiger partial charge in [-0.25, -0.2) is 4.39 Å². The molecule has 0 spiro atoms. The molecule has 0 atom stereocenters. The van der Waals surface area contributed by atoms with Crippen LogP contribution in [0.5, 0.6) is 0 Å². The molecule has 0 saturated carbocycles. The Bertz CT molecular complexity index is 489. The van der Waals surface area contributed by atoms with E-state index in [0.29, 0.717) is 3.95 Å². The Balaban J connectivity index is 1.99. The van der Waals surface area contributed by atoms with Crippen LogP contribution in [0.15, 0.2) is 28.6 Å². The zero-order valence-corrected chi connectivity index (χ0v) is 10.0. The molecule has 78 valence electrons. The van der Waals surface area contributed by atoms with Gasteiger partial charge in [-0.05, 0) is 29.9 Å². The number of hydrogen-bond donors (Lipinski definition) is 1.